The van der Waals surface area contributed by atoms with Gasteiger partial charge < -0.3 is 23.5 Å². The number of ether oxygens (including phenoxy) is 4. The van der Waals surface area contributed by atoms with Gasteiger partial charge in [0, 0.05) is 17.7 Å². The molecule has 9 heteroatoms. The molecule has 1 heterocycles. The molecular formula is C22H24N2O6S. The Morgan fingerprint density at radius 2 is 1.68 bits per heavy atom. The smallest absolute Gasteiger partial charge is 0.325 e. The number of amides is 1. The predicted molar refractivity (Wildman–Crippen MR) is 117 cm³/mol. The van der Waals surface area contributed by atoms with Crippen LogP contribution in [0.5, 0.6) is 17.2 Å². The molecule has 0 saturated heterocycles. The second-order valence-corrected chi connectivity index (χ2v) is 7.84. The minimum absolute atomic E-state index is 0.0380. The predicted octanol–water partition coefficient (Wildman–Crippen LogP) is 3.42. The summed E-state index contributed by atoms with van der Waals surface area (Å²) in [4.78, 5) is 29.4. The Balaban J connectivity index is 2.08. The van der Waals surface area contributed by atoms with E-state index < -0.39 is 11.9 Å². The van der Waals surface area contributed by atoms with E-state index in [1.807, 2.05) is 13.8 Å². The molecule has 0 aliphatic carbocycles. The van der Waals surface area contributed by atoms with Gasteiger partial charge in [-0.15, -0.1) is 0 Å². The van der Waals surface area contributed by atoms with E-state index in [-0.39, 0.29) is 12.6 Å². The number of fused-ring (bicyclic) bond motifs is 1. The van der Waals surface area contributed by atoms with Gasteiger partial charge in [0.25, 0.3) is 5.91 Å². The summed E-state index contributed by atoms with van der Waals surface area (Å²) in [5.41, 5.74) is 1.09. The summed E-state index contributed by atoms with van der Waals surface area (Å²) in [5.74, 6) is 0.831. The first-order chi connectivity index (χ1) is 14.9. The summed E-state index contributed by atoms with van der Waals surface area (Å²) in [6.45, 7) is 3.76. The Bertz CT molecular complexity index is 1160. The number of carbonyl (C=O) groups excluding carboxylic acids is 2. The number of carbonyl (C=O) groups is 2. The van der Waals surface area contributed by atoms with Crippen LogP contribution in [0.1, 0.15) is 24.2 Å². The lowest BCUT2D eigenvalue weighted by Gasteiger charge is -2.09. The van der Waals surface area contributed by atoms with Crippen molar-refractivity contribution in [2.24, 2.45) is 4.99 Å². The highest BCUT2D eigenvalue weighted by atomic mass is 32.1. The summed E-state index contributed by atoms with van der Waals surface area (Å²) in [7, 11) is 4.38. The first kappa shape index (κ1) is 22.4. The molecule has 1 amide bonds. The summed E-state index contributed by atoms with van der Waals surface area (Å²) in [5, 5.41) is 0. The van der Waals surface area contributed by atoms with Crippen molar-refractivity contribution in [2.75, 3.05) is 21.3 Å². The fraction of sp³-hybridized carbons (Fsp3) is 0.318. The summed E-state index contributed by atoms with van der Waals surface area (Å²) >= 11 is 1.27. The first-order valence-electron chi connectivity index (χ1n) is 9.54. The fourth-order valence-corrected chi connectivity index (χ4v) is 3.97. The number of esters is 1. The van der Waals surface area contributed by atoms with Gasteiger partial charge in [0.2, 0.25) is 0 Å². The van der Waals surface area contributed by atoms with E-state index in [4.69, 9.17) is 18.9 Å². The molecule has 31 heavy (non-hydrogen) atoms. The summed E-state index contributed by atoms with van der Waals surface area (Å²) < 4.78 is 23.6. The van der Waals surface area contributed by atoms with Crippen LogP contribution in [0.25, 0.3) is 10.2 Å². The number of aromatic nitrogens is 1. The molecule has 0 aliphatic rings. The van der Waals surface area contributed by atoms with Gasteiger partial charge in [-0.3, -0.25) is 9.59 Å². The zero-order valence-corrected chi connectivity index (χ0v) is 18.8. The third kappa shape index (κ3) is 5.05. The monoisotopic (exact) mass is 444 g/mol. The van der Waals surface area contributed by atoms with Crippen molar-refractivity contribution in [1.29, 1.82) is 0 Å². The Morgan fingerprint density at radius 3 is 2.26 bits per heavy atom. The molecule has 0 atom stereocenters. The van der Waals surface area contributed by atoms with Crippen LogP contribution >= 0.6 is 11.3 Å². The van der Waals surface area contributed by atoms with Crippen molar-refractivity contribution in [3.63, 3.8) is 0 Å². The summed E-state index contributed by atoms with van der Waals surface area (Å²) in [6, 6.07) is 10.3. The van der Waals surface area contributed by atoms with Crippen LogP contribution in [0, 0.1) is 0 Å². The third-order valence-corrected chi connectivity index (χ3v) is 5.41. The number of hydrogen-bond acceptors (Lipinski definition) is 7. The minimum Gasteiger partial charge on any atom is -0.493 e. The van der Waals surface area contributed by atoms with E-state index in [2.05, 4.69) is 4.99 Å². The average molecular weight is 445 g/mol. The molecule has 2 aromatic carbocycles. The molecule has 0 N–H and O–H groups in total. The highest BCUT2D eigenvalue weighted by molar-refractivity contribution is 7.16. The van der Waals surface area contributed by atoms with Crippen LogP contribution in [0.2, 0.25) is 0 Å². The van der Waals surface area contributed by atoms with Crippen molar-refractivity contribution in [3.05, 3.63) is 46.8 Å². The van der Waals surface area contributed by atoms with Crippen LogP contribution in [0.4, 0.5) is 0 Å². The molecular weight excluding hydrogens is 420 g/mol. The van der Waals surface area contributed by atoms with Gasteiger partial charge in [-0.25, -0.2) is 0 Å². The summed E-state index contributed by atoms with van der Waals surface area (Å²) in [6.07, 6.45) is 0.0380. The maximum absolute atomic E-state index is 12.8. The quantitative estimate of drug-likeness (QED) is 0.519. The van der Waals surface area contributed by atoms with Crippen molar-refractivity contribution in [1.82, 2.24) is 4.57 Å². The van der Waals surface area contributed by atoms with E-state index in [0.717, 1.165) is 4.70 Å². The molecule has 8 nitrogen and oxygen atoms in total. The molecule has 3 rings (SSSR count). The lowest BCUT2D eigenvalue weighted by Crippen LogP contribution is -2.22. The highest BCUT2D eigenvalue weighted by Crippen LogP contribution is 2.33. The standard InChI is InChI=1S/C22H24N2O6S/c1-13(2)30-15-8-6-14(7-9-15)21(26)23-22-24(12-20(25)29-5)16-10-17(27-3)18(28-4)11-19(16)31-22/h6-11,13H,12H2,1-5H3. The highest BCUT2D eigenvalue weighted by Gasteiger charge is 2.16. The van der Waals surface area contributed by atoms with Gasteiger partial charge in [-0.1, -0.05) is 11.3 Å². The molecule has 0 aliphatic heterocycles. The Kier molecular flexibility index (Phi) is 6.96. The molecule has 0 spiro atoms. The minimum atomic E-state index is -0.460. The van der Waals surface area contributed by atoms with E-state index in [1.165, 1.54) is 25.6 Å². The Hall–Kier alpha value is -3.33. The topological polar surface area (TPSA) is 88.4 Å². The molecule has 0 radical (unpaired) electrons. The van der Waals surface area contributed by atoms with E-state index in [1.54, 1.807) is 48.1 Å². The normalized spacial score (nSPS) is 11.6. The van der Waals surface area contributed by atoms with Crippen LogP contribution in [0.3, 0.4) is 0 Å². The van der Waals surface area contributed by atoms with Gasteiger partial charge >= 0.3 is 5.97 Å². The van der Waals surface area contributed by atoms with Crippen molar-refractivity contribution in [3.8, 4) is 17.2 Å². The molecule has 0 unspecified atom stereocenters. The van der Waals surface area contributed by atoms with E-state index in [0.29, 0.717) is 33.1 Å². The van der Waals surface area contributed by atoms with Crippen LogP contribution in [-0.2, 0) is 16.1 Å². The maximum Gasteiger partial charge on any atom is 0.325 e. The van der Waals surface area contributed by atoms with Crippen molar-refractivity contribution in [2.45, 2.75) is 26.5 Å². The van der Waals surface area contributed by atoms with Crippen molar-refractivity contribution < 1.29 is 28.5 Å². The molecule has 0 fully saturated rings. The Labute approximate surface area is 183 Å². The maximum atomic E-state index is 12.8. The number of rotatable bonds is 7. The second-order valence-electron chi connectivity index (χ2n) is 6.83. The first-order valence-corrected chi connectivity index (χ1v) is 10.4. The SMILES string of the molecule is COC(=O)Cn1c(=NC(=O)c2ccc(OC(C)C)cc2)sc2cc(OC)c(OC)cc21. The van der Waals surface area contributed by atoms with E-state index in [9.17, 15) is 9.59 Å². The number of thiazole rings is 1. The van der Waals surface area contributed by atoms with Gasteiger partial charge in [-0.2, -0.15) is 4.99 Å². The van der Waals surface area contributed by atoms with Crippen LogP contribution < -0.4 is 19.0 Å². The van der Waals surface area contributed by atoms with Gasteiger partial charge in [0.15, 0.2) is 16.3 Å². The van der Waals surface area contributed by atoms with Crippen LogP contribution in [-0.4, -0.2) is 43.9 Å². The largest absolute Gasteiger partial charge is 0.493 e. The van der Waals surface area contributed by atoms with E-state index >= 15 is 0 Å². The third-order valence-electron chi connectivity index (χ3n) is 4.37. The van der Waals surface area contributed by atoms with Crippen LogP contribution in [0.15, 0.2) is 41.4 Å². The molecule has 0 bridgehead atoms. The lowest BCUT2D eigenvalue weighted by atomic mass is 10.2. The second kappa shape index (κ2) is 9.65. The fourth-order valence-electron chi connectivity index (χ4n) is 2.93. The number of benzene rings is 2. The molecule has 1 aromatic heterocycles. The van der Waals surface area contributed by atoms with Gasteiger partial charge in [0.1, 0.15) is 12.3 Å². The number of methoxy groups -OCH3 is 3. The zero-order valence-electron chi connectivity index (χ0n) is 18.0. The molecule has 3 aromatic rings. The molecule has 0 saturated carbocycles. The lowest BCUT2D eigenvalue weighted by molar-refractivity contribution is -0.141. The van der Waals surface area contributed by atoms with Gasteiger partial charge in [0.05, 0.1) is 37.6 Å². The van der Waals surface area contributed by atoms with Gasteiger partial charge in [-0.05, 0) is 38.1 Å². The average Bonchev–Trinajstić information content (AvgIpc) is 3.08. The zero-order chi connectivity index (χ0) is 22.5. The Morgan fingerprint density at radius 1 is 1.03 bits per heavy atom. The number of hydrogen-bond donors (Lipinski definition) is 0. The molecule has 164 valence electrons. The number of nitrogens with zero attached hydrogens (tertiary/aromatic N) is 2. The van der Waals surface area contributed by atoms with Crippen molar-refractivity contribution >= 4 is 33.4 Å².